The van der Waals surface area contributed by atoms with Gasteiger partial charge in [-0.2, -0.15) is 5.10 Å². The van der Waals surface area contributed by atoms with Gasteiger partial charge in [-0.25, -0.2) is 4.98 Å². The molecule has 1 N–H and O–H groups in total. The fourth-order valence-corrected chi connectivity index (χ4v) is 3.21. The summed E-state index contributed by atoms with van der Waals surface area (Å²) in [6.45, 7) is -0.0958. The average molecular weight is 400 g/mol. The van der Waals surface area contributed by atoms with E-state index >= 15 is 0 Å². The lowest BCUT2D eigenvalue weighted by atomic mass is 10.1. The fourth-order valence-electron chi connectivity index (χ4n) is 3.21. The molecule has 2 heterocycles. The second-order valence-electron chi connectivity index (χ2n) is 6.76. The first-order chi connectivity index (χ1) is 14.6. The van der Waals surface area contributed by atoms with Gasteiger partial charge in [0.15, 0.2) is 11.4 Å². The van der Waals surface area contributed by atoms with Crippen LogP contribution < -0.4 is 10.1 Å². The topological polar surface area (TPSA) is 86.1 Å². The van der Waals surface area contributed by atoms with E-state index in [9.17, 15) is 9.59 Å². The Morgan fingerprint density at radius 2 is 1.87 bits per heavy atom. The molecule has 7 nitrogen and oxygen atoms in total. The summed E-state index contributed by atoms with van der Waals surface area (Å²) in [5.41, 5.74) is 2.97. The van der Waals surface area contributed by atoms with Crippen molar-refractivity contribution in [1.29, 1.82) is 0 Å². The number of Topliss-reactive ketones (excluding diaryl/α,β-unsaturated/α-hetero) is 1. The first-order valence-electron chi connectivity index (χ1n) is 9.40. The zero-order chi connectivity index (χ0) is 21.1. The molecule has 0 aliphatic rings. The Morgan fingerprint density at radius 3 is 2.63 bits per heavy atom. The molecule has 0 saturated carbocycles. The Bertz CT molecular complexity index is 1230. The molecule has 0 atom stereocenters. The zero-order valence-corrected chi connectivity index (χ0v) is 16.6. The quantitative estimate of drug-likeness (QED) is 0.502. The Hall–Kier alpha value is -4.00. The highest BCUT2D eigenvalue weighted by atomic mass is 16.5. The van der Waals surface area contributed by atoms with Crippen LogP contribution in [0.5, 0.6) is 5.75 Å². The molecule has 0 fully saturated rings. The van der Waals surface area contributed by atoms with E-state index in [1.807, 2.05) is 30.3 Å². The number of fused-ring (bicyclic) bond motifs is 1. The minimum atomic E-state index is -0.358. The lowest BCUT2D eigenvalue weighted by Gasteiger charge is -2.09. The predicted molar refractivity (Wildman–Crippen MR) is 114 cm³/mol. The van der Waals surface area contributed by atoms with Gasteiger partial charge in [0.1, 0.15) is 5.75 Å². The fraction of sp³-hybridized carbons (Fsp3) is 0.130. The molecule has 4 rings (SSSR count). The van der Waals surface area contributed by atoms with E-state index in [0.29, 0.717) is 33.6 Å². The molecule has 1 amide bonds. The molecule has 0 unspecified atom stereocenters. The maximum Gasteiger partial charge on any atom is 0.252 e. The van der Waals surface area contributed by atoms with Crippen molar-refractivity contribution in [1.82, 2.24) is 20.1 Å². The van der Waals surface area contributed by atoms with Crippen molar-refractivity contribution < 1.29 is 14.3 Å². The van der Waals surface area contributed by atoms with Crippen LogP contribution >= 0.6 is 0 Å². The number of methoxy groups -OCH3 is 1. The number of carbonyl (C=O) groups excluding carboxylic acids is 2. The van der Waals surface area contributed by atoms with E-state index in [4.69, 9.17) is 4.74 Å². The third-order valence-corrected chi connectivity index (χ3v) is 4.82. The zero-order valence-electron chi connectivity index (χ0n) is 16.6. The van der Waals surface area contributed by atoms with Gasteiger partial charge in [0.25, 0.3) is 5.91 Å². The van der Waals surface area contributed by atoms with Crippen molar-refractivity contribution >= 4 is 22.7 Å². The van der Waals surface area contributed by atoms with Crippen molar-refractivity contribution in [2.75, 3.05) is 13.7 Å². The number of aryl methyl sites for hydroxylation is 1. The summed E-state index contributed by atoms with van der Waals surface area (Å²) in [4.78, 5) is 30.0. The molecule has 7 heteroatoms. The standard InChI is InChI=1S/C23H20N4O3/c1-27-22-19(13-25-27)18(12-20(26-22)16-9-6-10-17(11-16)30-2)23(29)24-14-21(28)15-7-4-3-5-8-15/h3-13H,14H2,1-2H3,(H,24,29). The predicted octanol–water partition coefficient (Wildman–Crippen LogP) is 3.26. The SMILES string of the molecule is COc1cccc(-c2cc(C(=O)NCC(=O)c3ccccc3)c3cnn(C)c3n2)c1. The van der Waals surface area contributed by atoms with Crippen molar-refractivity contribution in [2.24, 2.45) is 7.05 Å². The normalized spacial score (nSPS) is 10.7. The number of nitrogens with zero attached hydrogens (tertiary/aromatic N) is 3. The number of hydrogen-bond donors (Lipinski definition) is 1. The van der Waals surface area contributed by atoms with E-state index in [1.54, 1.807) is 55.4 Å². The van der Waals surface area contributed by atoms with Crippen LogP contribution in [-0.2, 0) is 7.05 Å². The third kappa shape index (κ3) is 3.77. The van der Waals surface area contributed by atoms with E-state index in [1.165, 1.54) is 0 Å². The van der Waals surface area contributed by atoms with Gasteiger partial charge in [-0.15, -0.1) is 0 Å². The van der Waals surface area contributed by atoms with Crippen LogP contribution in [0.3, 0.4) is 0 Å². The molecule has 4 aromatic rings. The van der Waals surface area contributed by atoms with Gasteiger partial charge in [-0.1, -0.05) is 42.5 Å². The number of ether oxygens (including phenoxy) is 1. The molecule has 0 radical (unpaired) electrons. The maximum absolute atomic E-state index is 13.0. The summed E-state index contributed by atoms with van der Waals surface area (Å²) < 4.78 is 6.91. The van der Waals surface area contributed by atoms with Crippen LogP contribution in [0.2, 0.25) is 0 Å². The van der Waals surface area contributed by atoms with Crippen LogP contribution in [-0.4, -0.2) is 40.1 Å². The Kier molecular flexibility index (Phi) is 5.26. The van der Waals surface area contributed by atoms with Gasteiger partial charge in [-0.05, 0) is 18.2 Å². The van der Waals surface area contributed by atoms with Crippen LogP contribution in [0.1, 0.15) is 20.7 Å². The lowest BCUT2D eigenvalue weighted by Crippen LogP contribution is -2.29. The molecule has 0 saturated heterocycles. The Morgan fingerprint density at radius 1 is 1.07 bits per heavy atom. The monoisotopic (exact) mass is 400 g/mol. The van der Waals surface area contributed by atoms with Crippen LogP contribution in [0.4, 0.5) is 0 Å². The van der Waals surface area contributed by atoms with Crippen LogP contribution in [0, 0.1) is 0 Å². The number of hydrogen-bond acceptors (Lipinski definition) is 5. The highest BCUT2D eigenvalue weighted by molar-refractivity contribution is 6.08. The number of aromatic nitrogens is 3. The molecular weight excluding hydrogens is 380 g/mol. The molecule has 150 valence electrons. The lowest BCUT2D eigenvalue weighted by molar-refractivity contribution is 0.0905. The van der Waals surface area contributed by atoms with E-state index < -0.39 is 0 Å². The number of carbonyl (C=O) groups is 2. The first kappa shape index (κ1) is 19.3. The van der Waals surface area contributed by atoms with E-state index in [-0.39, 0.29) is 18.2 Å². The average Bonchev–Trinajstić information content (AvgIpc) is 3.18. The van der Waals surface area contributed by atoms with Crippen LogP contribution in [0.25, 0.3) is 22.3 Å². The molecule has 2 aromatic carbocycles. The minimum absolute atomic E-state index is 0.0958. The second-order valence-corrected chi connectivity index (χ2v) is 6.76. The molecule has 0 spiro atoms. The summed E-state index contributed by atoms with van der Waals surface area (Å²) in [6.07, 6.45) is 1.60. The number of nitrogens with one attached hydrogen (secondary N) is 1. The molecule has 0 aliphatic heterocycles. The van der Waals surface area contributed by atoms with Gasteiger partial charge in [0, 0.05) is 18.2 Å². The summed E-state index contributed by atoms with van der Waals surface area (Å²) >= 11 is 0. The summed E-state index contributed by atoms with van der Waals surface area (Å²) in [5.74, 6) is 0.177. The van der Waals surface area contributed by atoms with Crippen molar-refractivity contribution in [2.45, 2.75) is 0 Å². The number of ketones is 1. The third-order valence-electron chi connectivity index (χ3n) is 4.82. The number of rotatable bonds is 6. The second kappa shape index (κ2) is 8.16. The molecular formula is C23H20N4O3. The molecule has 0 aliphatic carbocycles. The van der Waals surface area contributed by atoms with Gasteiger partial charge in [-0.3, -0.25) is 14.3 Å². The van der Waals surface area contributed by atoms with Crippen molar-refractivity contribution in [3.05, 3.63) is 78.0 Å². The molecule has 2 aromatic heterocycles. The van der Waals surface area contributed by atoms with Gasteiger partial charge in [0.05, 0.1) is 36.5 Å². The Balaban J connectivity index is 1.67. The van der Waals surface area contributed by atoms with Crippen molar-refractivity contribution in [3.8, 4) is 17.0 Å². The smallest absolute Gasteiger partial charge is 0.252 e. The summed E-state index contributed by atoms with van der Waals surface area (Å²) in [6, 6.07) is 18.0. The van der Waals surface area contributed by atoms with Gasteiger partial charge >= 0.3 is 0 Å². The number of pyridine rings is 1. The molecule has 0 bridgehead atoms. The summed E-state index contributed by atoms with van der Waals surface area (Å²) in [5, 5.41) is 7.57. The maximum atomic E-state index is 13.0. The molecule has 30 heavy (non-hydrogen) atoms. The highest BCUT2D eigenvalue weighted by Crippen LogP contribution is 2.27. The highest BCUT2D eigenvalue weighted by Gasteiger charge is 2.18. The summed E-state index contributed by atoms with van der Waals surface area (Å²) in [7, 11) is 3.37. The largest absolute Gasteiger partial charge is 0.497 e. The van der Waals surface area contributed by atoms with E-state index in [0.717, 1.165) is 5.56 Å². The van der Waals surface area contributed by atoms with Crippen molar-refractivity contribution in [3.63, 3.8) is 0 Å². The number of amides is 1. The van der Waals surface area contributed by atoms with Gasteiger partial charge in [0.2, 0.25) is 0 Å². The van der Waals surface area contributed by atoms with Crippen LogP contribution in [0.15, 0.2) is 66.9 Å². The first-order valence-corrected chi connectivity index (χ1v) is 9.40. The number of benzene rings is 2. The minimum Gasteiger partial charge on any atom is -0.497 e. The van der Waals surface area contributed by atoms with Gasteiger partial charge < -0.3 is 10.1 Å². The Labute approximate surface area is 173 Å². The van der Waals surface area contributed by atoms with E-state index in [2.05, 4.69) is 15.4 Å².